The fourth-order valence-electron chi connectivity index (χ4n) is 4.08. The van der Waals surface area contributed by atoms with Crippen LogP contribution >= 0.6 is 11.6 Å². The average Bonchev–Trinajstić information content (AvgIpc) is 3.09. The Bertz CT molecular complexity index is 887. The molecule has 2 aromatic heterocycles. The van der Waals surface area contributed by atoms with Gasteiger partial charge in [0.15, 0.2) is 0 Å². The second-order valence-electron chi connectivity index (χ2n) is 7.23. The minimum absolute atomic E-state index is 0.397. The molecule has 5 heteroatoms. The topological polar surface area (TPSA) is 56.7 Å². The van der Waals surface area contributed by atoms with Crippen molar-refractivity contribution in [1.82, 2.24) is 14.8 Å². The highest BCUT2D eigenvalue weighted by molar-refractivity contribution is 6.30. The van der Waals surface area contributed by atoms with E-state index in [-0.39, 0.29) is 0 Å². The van der Waals surface area contributed by atoms with Gasteiger partial charge in [0.2, 0.25) is 0 Å². The molecule has 1 aliphatic rings. The van der Waals surface area contributed by atoms with Gasteiger partial charge < -0.3 is 5.73 Å². The van der Waals surface area contributed by atoms with Gasteiger partial charge in [-0.2, -0.15) is 5.10 Å². The average molecular weight is 381 g/mol. The Balaban J connectivity index is 1.59. The molecule has 0 bridgehead atoms. The van der Waals surface area contributed by atoms with Gasteiger partial charge in [-0.1, -0.05) is 23.7 Å². The van der Waals surface area contributed by atoms with Gasteiger partial charge in [0, 0.05) is 46.7 Å². The van der Waals surface area contributed by atoms with Gasteiger partial charge in [0.25, 0.3) is 0 Å². The Labute approximate surface area is 165 Å². The van der Waals surface area contributed by atoms with Crippen molar-refractivity contribution in [2.75, 3.05) is 6.54 Å². The number of aromatic nitrogens is 3. The third kappa shape index (κ3) is 3.92. The highest BCUT2D eigenvalue weighted by Crippen LogP contribution is 2.38. The minimum Gasteiger partial charge on any atom is -0.330 e. The van der Waals surface area contributed by atoms with E-state index in [0.717, 1.165) is 48.5 Å². The molecule has 0 saturated carbocycles. The zero-order chi connectivity index (χ0) is 18.6. The standard InChI is InChI=1S/C22H25ClN4/c23-19-10-8-16(9-11-19)4-3-13-27-20-7-1-5-17(14-24)21(20)22(26-27)18-6-2-12-25-15-18/h2,6,8-12,15,17H,1,3-5,7,13-14,24H2. The number of fused-ring (bicyclic) bond motifs is 1. The van der Waals surface area contributed by atoms with Crippen LogP contribution in [0, 0.1) is 0 Å². The molecule has 1 aromatic carbocycles. The molecule has 0 spiro atoms. The van der Waals surface area contributed by atoms with E-state index in [1.165, 1.54) is 23.2 Å². The van der Waals surface area contributed by atoms with Crippen molar-refractivity contribution < 1.29 is 0 Å². The van der Waals surface area contributed by atoms with Crippen molar-refractivity contribution in [3.8, 4) is 11.3 Å². The number of rotatable bonds is 6. The lowest BCUT2D eigenvalue weighted by Gasteiger charge is -2.23. The van der Waals surface area contributed by atoms with Crippen molar-refractivity contribution in [1.29, 1.82) is 0 Å². The number of nitrogens with two attached hydrogens (primary N) is 1. The molecule has 0 fully saturated rings. The maximum Gasteiger partial charge on any atom is 0.0976 e. The molecule has 1 unspecified atom stereocenters. The van der Waals surface area contributed by atoms with E-state index in [0.29, 0.717) is 12.5 Å². The Morgan fingerprint density at radius 2 is 2.04 bits per heavy atom. The van der Waals surface area contributed by atoms with Crippen molar-refractivity contribution in [3.05, 3.63) is 70.6 Å². The summed E-state index contributed by atoms with van der Waals surface area (Å²) in [6, 6.07) is 12.2. The van der Waals surface area contributed by atoms with E-state index >= 15 is 0 Å². The van der Waals surface area contributed by atoms with Gasteiger partial charge in [-0.3, -0.25) is 9.67 Å². The van der Waals surface area contributed by atoms with E-state index in [1.54, 1.807) is 6.20 Å². The predicted molar refractivity (Wildman–Crippen MR) is 110 cm³/mol. The van der Waals surface area contributed by atoms with Crippen LogP contribution in [0.1, 0.15) is 42.0 Å². The molecule has 2 N–H and O–H groups in total. The second kappa shape index (κ2) is 8.24. The first-order valence-electron chi connectivity index (χ1n) is 9.70. The van der Waals surface area contributed by atoms with Crippen LogP contribution < -0.4 is 5.73 Å². The molecule has 4 nitrogen and oxygen atoms in total. The molecule has 4 rings (SSSR count). The smallest absolute Gasteiger partial charge is 0.0976 e. The third-order valence-electron chi connectivity index (χ3n) is 5.44. The molecule has 0 aliphatic heterocycles. The monoisotopic (exact) mass is 380 g/mol. The van der Waals surface area contributed by atoms with Crippen LogP contribution in [-0.2, 0) is 19.4 Å². The largest absolute Gasteiger partial charge is 0.330 e. The van der Waals surface area contributed by atoms with Crippen LogP contribution in [0.5, 0.6) is 0 Å². The van der Waals surface area contributed by atoms with Gasteiger partial charge in [-0.25, -0.2) is 0 Å². The normalized spacial score (nSPS) is 16.3. The van der Waals surface area contributed by atoms with Crippen LogP contribution in [-0.4, -0.2) is 21.3 Å². The number of hydrogen-bond acceptors (Lipinski definition) is 3. The van der Waals surface area contributed by atoms with Crippen molar-refractivity contribution in [3.63, 3.8) is 0 Å². The maximum absolute atomic E-state index is 6.10. The molecular weight excluding hydrogens is 356 g/mol. The Kier molecular flexibility index (Phi) is 5.55. The first-order valence-corrected chi connectivity index (χ1v) is 10.1. The molecule has 1 atom stereocenters. The lowest BCUT2D eigenvalue weighted by atomic mass is 9.84. The number of aryl methyl sites for hydroxylation is 2. The summed E-state index contributed by atoms with van der Waals surface area (Å²) in [5, 5.41) is 5.79. The van der Waals surface area contributed by atoms with E-state index < -0.39 is 0 Å². The van der Waals surface area contributed by atoms with Crippen molar-refractivity contribution >= 4 is 11.6 Å². The predicted octanol–water partition coefficient (Wildman–Crippen LogP) is 4.61. The van der Waals surface area contributed by atoms with E-state index in [4.69, 9.17) is 22.4 Å². The van der Waals surface area contributed by atoms with Gasteiger partial charge in [0.05, 0.1) is 5.69 Å². The number of benzene rings is 1. The van der Waals surface area contributed by atoms with E-state index in [2.05, 4.69) is 27.9 Å². The molecule has 1 aliphatic carbocycles. The number of halogens is 1. The fourth-order valence-corrected chi connectivity index (χ4v) is 4.21. The van der Waals surface area contributed by atoms with Crippen molar-refractivity contribution in [2.45, 2.75) is 44.6 Å². The van der Waals surface area contributed by atoms with Gasteiger partial charge in [0.1, 0.15) is 0 Å². The minimum atomic E-state index is 0.397. The summed E-state index contributed by atoms with van der Waals surface area (Å²) in [6.45, 7) is 1.60. The summed E-state index contributed by atoms with van der Waals surface area (Å²) in [4.78, 5) is 4.29. The van der Waals surface area contributed by atoms with Crippen LogP contribution in [0.25, 0.3) is 11.3 Å². The summed E-state index contributed by atoms with van der Waals surface area (Å²) in [5.74, 6) is 0.397. The van der Waals surface area contributed by atoms with Crippen LogP contribution in [0.4, 0.5) is 0 Å². The Morgan fingerprint density at radius 3 is 2.78 bits per heavy atom. The highest BCUT2D eigenvalue weighted by atomic mass is 35.5. The first kappa shape index (κ1) is 18.2. The van der Waals surface area contributed by atoms with Gasteiger partial charge in [-0.05, 0) is 68.5 Å². The van der Waals surface area contributed by atoms with Crippen LogP contribution in [0.15, 0.2) is 48.8 Å². The SMILES string of the molecule is NCC1CCCc2c1c(-c1cccnc1)nn2CCCc1ccc(Cl)cc1. The summed E-state index contributed by atoms with van der Waals surface area (Å²) < 4.78 is 2.22. The van der Waals surface area contributed by atoms with E-state index in [9.17, 15) is 0 Å². The molecule has 27 heavy (non-hydrogen) atoms. The van der Waals surface area contributed by atoms with Crippen LogP contribution in [0.2, 0.25) is 5.02 Å². The molecule has 140 valence electrons. The Morgan fingerprint density at radius 1 is 1.19 bits per heavy atom. The number of hydrogen-bond donors (Lipinski definition) is 1. The quantitative estimate of drug-likeness (QED) is 0.679. The molecule has 0 saturated heterocycles. The lowest BCUT2D eigenvalue weighted by Crippen LogP contribution is -2.19. The summed E-state index contributed by atoms with van der Waals surface area (Å²) in [5.41, 5.74) is 12.3. The summed E-state index contributed by atoms with van der Waals surface area (Å²) in [7, 11) is 0. The third-order valence-corrected chi connectivity index (χ3v) is 5.69. The molecule has 3 aromatic rings. The summed E-state index contributed by atoms with van der Waals surface area (Å²) in [6.07, 6.45) is 9.20. The second-order valence-corrected chi connectivity index (χ2v) is 7.67. The zero-order valence-electron chi connectivity index (χ0n) is 15.4. The first-order chi connectivity index (χ1) is 13.3. The zero-order valence-corrected chi connectivity index (χ0v) is 16.2. The Hall–Kier alpha value is -2.17. The molecule has 0 radical (unpaired) electrons. The van der Waals surface area contributed by atoms with Gasteiger partial charge >= 0.3 is 0 Å². The maximum atomic E-state index is 6.10. The highest BCUT2D eigenvalue weighted by Gasteiger charge is 2.28. The van der Waals surface area contributed by atoms with E-state index in [1.807, 2.05) is 24.4 Å². The lowest BCUT2D eigenvalue weighted by molar-refractivity contribution is 0.506. The number of nitrogens with zero attached hydrogens (tertiary/aromatic N) is 3. The number of pyridine rings is 1. The molecule has 2 heterocycles. The molecular formula is C22H25ClN4. The fraction of sp³-hybridized carbons (Fsp3) is 0.364. The summed E-state index contributed by atoms with van der Waals surface area (Å²) >= 11 is 5.98. The van der Waals surface area contributed by atoms with Gasteiger partial charge in [-0.15, -0.1) is 0 Å². The van der Waals surface area contributed by atoms with Crippen LogP contribution in [0.3, 0.4) is 0 Å². The van der Waals surface area contributed by atoms with Crippen molar-refractivity contribution in [2.24, 2.45) is 5.73 Å². The molecule has 0 amide bonds.